The minimum atomic E-state index is -3.60. The van der Waals surface area contributed by atoms with Crippen molar-refractivity contribution in [3.8, 4) is 0 Å². The first-order valence-electron chi connectivity index (χ1n) is 6.65. The fraction of sp³-hybridized carbons (Fsp3) is 0.750. The van der Waals surface area contributed by atoms with Gasteiger partial charge in [-0.25, -0.2) is 8.42 Å². The van der Waals surface area contributed by atoms with Gasteiger partial charge in [-0.15, -0.1) is 0 Å². The zero-order chi connectivity index (χ0) is 14.0. The number of hydrogen-bond donors (Lipinski definition) is 2. The summed E-state index contributed by atoms with van der Waals surface area (Å²) in [5.41, 5.74) is 0.976. The number of H-pyrrole nitrogens is 1. The molecule has 19 heavy (non-hydrogen) atoms. The highest BCUT2D eigenvalue weighted by Crippen LogP contribution is 2.26. The number of piperidine rings is 1. The van der Waals surface area contributed by atoms with Crippen LogP contribution in [0.2, 0.25) is 0 Å². The molecule has 1 aromatic heterocycles. The molecular weight excluding hydrogens is 266 g/mol. The lowest BCUT2D eigenvalue weighted by Crippen LogP contribution is -2.40. The molecule has 1 saturated heterocycles. The van der Waals surface area contributed by atoms with E-state index in [-0.39, 0.29) is 11.6 Å². The van der Waals surface area contributed by atoms with Gasteiger partial charge in [0.2, 0.25) is 0 Å². The van der Waals surface area contributed by atoms with Crippen molar-refractivity contribution in [2.75, 3.05) is 13.1 Å². The van der Waals surface area contributed by atoms with Gasteiger partial charge in [-0.2, -0.15) is 9.40 Å². The molecule has 0 saturated carbocycles. The number of hydrogen-bond acceptors (Lipinski definition) is 4. The number of sulfonamides is 1. The maximum Gasteiger partial charge on any atom is 0.262 e. The van der Waals surface area contributed by atoms with E-state index in [1.165, 1.54) is 4.31 Å². The molecule has 0 aromatic carbocycles. The molecule has 1 atom stereocenters. The number of aromatic amines is 1. The van der Waals surface area contributed by atoms with Gasteiger partial charge in [-0.3, -0.25) is 5.10 Å². The summed E-state index contributed by atoms with van der Waals surface area (Å²) in [6.45, 7) is 4.56. The fourth-order valence-corrected chi connectivity index (χ4v) is 4.24. The lowest BCUT2D eigenvalue weighted by atomic mass is 9.97. The Labute approximate surface area is 113 Å². The van der Waals surface area contributed by atoms with E-state index in [9.17, 15) is 13.5 Å². The first-order chi connectivity index (χ1) is 9.00. The van der Waals surface area contributed by atoms with Crippen molar-refractivity contribution < 1.29 is 13.5 Å². The van der Waals surface area contributed by atoms with E-state index in [1.54, 1.807) is 6.92 Å². The van der Waals surface area contributed by atoms with Crippen LogP contribution in [-0.4, -0.2) is 41.1 Å². The first-order valence-corrected chi connectivity index (χ1v) is 8.09. The third kappa shape index (κ3) is 2.68. The zero-order valence-electron chi connectivity index (χ0n) is 11.4. The van der Waals surface area contributed by atoms with Crippen LogP contribution in [0.3, 0.4) is 0 Å². The Hall–Kier alpha value is -0.920. The van der Waals surface area contributed by atoms with Crippen LogP contribution in [-0.2, 0) is 16.6 Å². The minimum absolute atomic E-state index is 0.0238. The Morgan fingerprint density at radius 3 is 2.89 bits per heavy atom. The predicted molar refractivity (Wildman–Crippen MR) is 71.0 cm³/mol. The number of aryl methyl sites for hydroxylation is 1. The second-order valence-corrected chi connectivity index (χ2v) is 6.92. The summed E-state index contributed by atoms with van der Waals surface area (Å²) in [6, 6.07) is 0. The number of aromatic nitrogens is 2. The normalized spacial score (nSPS) is 21.7. The number of nitrogens with zero attached hydrogens (tertiary/aromatic N) is 2. The third-order valence-electron chi connectivity index (χ3n) is 3.84. The topological polar surface area (TPSA) is 86.3 Å². The molecule has 2 rings (SSSR count). The molecule has 0 radical (unpaired) electrons. The van der Waals surface area contributed by atoms with Crippen LogP contribution in [0, 0.1) is 12.8 Å². The molecule has 1 fully saturated rings. The monoisotopic (exact) mass is 287 g/mol. The van der Waals surface area contributed by atoms with Crippen LogP contribution >= 0.6 is 0 Å². The molecule has 0 aliphatic carbocycles. The van der Waals surface area contributed by atoms with Crippen molar-refractivity contribution in [2.45, 2.75) is 44.7 Å². The maximum absolute atomic E-state index is 12.6. The fourth-order valence-electron chi connectivity index (χ4n) is 2.53. The molecule has 6 nitrogen and oxygen atoms in total. The highest BCUT2D eigenvalue weighted by Gasteiger charge is 2.33. The van der Waals surface area contributed by atoms with Crippen LogP contribution in [0.4, 0.5) is 0 Å². The molecule has 0 spiro atoms. The van der Waals surface area contributed by atoms with Crippen molar-refractivity contribution >= 4 is 10.0 Å². The quantitative estimate of drug-likeness (QED) is 0.865. The molecule has 2 heterocycles. The molecule has 0 bridgehead atoms. The van der Waals surface area contributed by atoms with Crippen molar-refractivity contribution in [1.82, 2.24) is 14.5 Å². The van der Waals surface area contributed by atoms with Crippen molar-refractivity contribution in [3.05, 3.63) is 11.3 Å². The van der Waals surface area contributed by atoms with Crippen LogP contribution < -0.4 is 0 Å². The Morgan fingerprint density at radius 1 is 1.53 bits per heavy atom. The second-order valence-electron chi connectivity index (χ2n) is 5.07. The highest BCUT2D eigenvalue weighted by molar-refractivity contribution is 7.89. The summed E-state index contributed by atoms with van der Waals surface area (Å²) in [7, 11) is -3.60. The van der Waals surface area contributed by atoms with E-state index in [1.807, 2.05) is 0 Å². The van der Waals surface area contributed by atoms with Gasteiger partial charge in [0.25, 0.3) is 10.0 Å². The Bertz CT molecular complexity index is 538. The van der Waals surface area contributed by atoms with Gasteiger partial charge in [0.15, 0.2) is 5.03 Å². The van der Waals surface area contributed by atoms with Crippen molar-refractivity contribution in [3.63, 3.8) is 0 Å². The van der Waals surface area contributed by atoms with Gasteiger partial charge in [0, 0.05) is 24.3 Å². The van der Waals surface area contributed by atoms with E-state index in [0.717, 1.165) is 19.3 Å². The standard InChI is InChI=1S/C12H21N3O3S/c1-3-10-5-4-6-15(7-10)19(17,18)12-11(8-16)9(2)13-14-12/h10,16H,3-8H2,1-2H3,(H,13,14). The molecule has 1 aromatic rings. The van der Waals surface area contributed by atoms with Crippen LogP contribution in [0.15, 0.2) is 5.03 Å². The second kappa shape index (κ2) is 5.60. The molecule has 1 aliphatic rings. The number of nitrogens with one attached hydrogen (secondary N) is 1. The lowest BCUT2D eigenvalue weighted by molar-refractivity contribution is 0.258. The van der Waals surface area contributed by atoms with E-state index in [2.05, 4.69) is 17.1 Å². The van der Waals surface area contributed by atoms with E-state index in [4.69, 9.17) is 0 Å². The summed E-state index contributed by atoms with van der Waals surface area (Å²) in [6.07, 6.45) is 2.95. The van der Waals surface area contributed by atoms with Gasteiger partial charge in [-0.1, -0.05) is 13.3 Å². The van der Waals surface area contributed by atoms with E-state index < -0.39 is 10.0 Å². The molecule has 108 valence electrons. The Kier molecular flexibility index (Phi) is 4.27. The SMILES string of the molecule is CCC1CCCN(S(=O)(=O)c2n[nH]c(C)c2CO)C1. The molecule has 0 amide bonds. The Morgan fingerprint density at radius 2 is 2.26 bits per heavy atom. The molecule has 1 aliphatic heterocycles. The molecule has 1 unspecified atom stereocenters. The van der Waals surface area contributed by atoms with E-state index >= 15 is 0 Å². The van der Waals surface area contributed by atoms with Crippen LogP contribution in [0.1, 0.15) is 37.4 Å². The molecular formula is C12H21N3O3S. The lowest BCUT2D eigenvalue weighted by Gasteiger charge is -2.30. The largest absolute Gasteiger partial charge is 0.392 e. The average molecular weight is 287 g/mol. The smallest absolute Gasteiger partial charge is 0.262 e. The number of aliphatic hydroxyl groups is 1. The first kappa shape index (κ1) is 14.5. The summed E-state index contributed by atoms with van der Waals surface area (Å²) in [5, 5.41) is 15.8. The molecule has 7 heteroatoms. The maximum atomic E-state index is 12.6. The summed E-state index contributed by atoms with van der Waals surface area (Å²) in [4.78, 5) is 0. The average Bonchev–Trinajstić information content (AvgIpc) is 2.80. The van der Waals surface area contributed by atoms with Gasteiger partial charge < -0.3 is 5.11 Å². The van der Waals surface area contributed by atoms with Gasteiger partial charge in [0.1, 0.15) is 0 Å². The van der Waals surface area contributed by atoms with Gasteiger partial charge in [-0.05, 0) is 25.7 Å². The third-order valence-corrected chi connectivity index (χ3v) is 5.68. The van der Waals surface area contributed by atoms with Gasteiger partial charge in [0.05, 0.1) is 6.61 Å². The van der Waals surface area contributed by atoms with Crippen LogP contribution in [0.5, 0.6) is 0 Å². The van der Waals surface area contributed by atoms with Crippen molar-refractivity contribution in [1.29, 1.82) is 0 Å². The highest BCUT2D eigenvalue weighted by atomic mass is 32.2. The minimum Gasteiger partial charge on any atom is -0.392 e. The number of rotatable bonds is 4. The molecule has 2 N–H and O–H groups in total. The van der Waals surface area contributed by atoms with Crippen molar-refractivity contribution in [2.24, 2.45) is 5.92 Å². The summed E-state index contributed by atoms with van der Waals surface area (Å²) >= 11 is 0. The predicted octanol–water partition coefficient (Wildman–Crippen LogP) is 1.02. The van der Waals surface area contributed by atoms with Gasteiger partial charge >= 0.3 is 0 Å². The zero-order valence-corrected chi connectivity index (χ0v) is 12.2. The Balaban J connectivity index is 2.31. The van der Waals surface area contributed by atoms with Crippen LogP contribution in [0.25, 0.3) is 0 Å². The van der Waals surface area contributed by atoms with E-state index in [0.29, 0.717) is 30.3 Å². The number of aliphatic hydroxyl groups excluding tert-OH is 1. The summed E-state index contributed by atoms with van der Waals surface area (Å²) in [5.74, 6) is 0.418. The summed E-state index contributed by atoms with van der Waals surface area (Å²) < 4.78 is 26.6.